The van der Waals surface area contributed by atoms with Crippen molar-refractivity contribution in [3.8, 4) is 11.5 Å². The summed E-state index contributed by atoms with van der Waals surface area (Å²) in [5, 5.41) is 2.77. The number of rotatable bonds is 6. The summed E-state index contributed by atoms with van der Waals surface area (Å²) >= 11 is 6.26. The molecule has 0 aliphatic carbocycles. The van der Waals surface area contributed by atoms with E-state index in [0.29, 0.717) is 18.8 Å². The molecule has 0 radical (unpaired) electrons. The third kappa shape index (κ3) is 4.37. The fraction of sp³-hybridized carbons (Fsp3) is 0.381. The number of methoxy groups -OCH3 is 2. The Bertz CT molecular complexity index is 825. The zero-order valence-electron chi connectivity index (χ0n) is 16.0. The second-order valence-electron chi connectivity index (χ2n) is 6.79. The molecule has 27 heavy (non-hydrogen) atoms. The van der Waals surface area contributed by atoms with Gasteiger partial charge in [0.1, 0.15) is 6.04 Å². The predicted octanol–water partition coefficient (Wildman–Crippen LogP) is 2.57. The van der Waals surface area contributed by atoms with Crippen molar-refractivity contribution in [2.24, 2.45) is 0 Å². The number of fused-ring (bicyclic) bond motifs is 1. The maximum absolute atomic E-state index is 12.7. The van der Waals surface area contributed by atoms with E-state index in [0.717, 1.165) is 34.9 Å². The van der Waals surface area contributed by atoms with Crippen molar-refractivity contribution in [3.63, 3.8) is 0 Å². The van der Waals surface area contributed by atoms with Gasteiger partial charge < -0.3 is 19.7 Å². The second kappa shape index (κ2) is 8.63. The molecule has 0 bridgehead atoms. The van der Waals surface area contributed by atoms with Gasteiger partial charge in [0.25, 0.3) is 5.91 Å². The van der Waals surface area contributed by atoms with E-state index in [1.165, 1.54) is 5.56 Å². The Kier molecular flexibility index (Phi) is 6.24. The van der Waals surface area contributed by atoms with E-state index >= 15 is 0 Å². The first kappa shape index (κ1) is 19.5. The molecule has 0 unspecified atom stereocenters. The van der Waals surface area contributed by atoms with Gasteiger partial charge in [-0.3, -0.25) is 4.79 Å². The fourth-order valence-electron chi connectivity index (χ4n) is 3.47. The second-order valence-corrected chi connectivity index (χ2v) is 7.20. The van der Waals surface area contributed by atoms with Crippen LogP contribution in [0.3, 0.4) is 0 Å². The van der Waals surface area contributed by atoms with E-state index in [4.69, 9.17) is 21.1 Å². The van der Waals surface area contributed by atoms with Gasteiger partial charge in [0.05, 0.1) is 14.2 Å². The van der Waals surface area contributed by atoms with E-state index in [1.807, 2.05) is 46.6 Å². The highest BCUT2D eigenvalue weighted by Gasteiger charge is 2.24. The summed E-state index contributed by atoms with van der Waals surface area (Å²) in [6, 6.07) is 11.9. The average molecular weight is 390 g/mol. The molecule has 0 saturated heterocycles. The summed E-state index contributed by atoms with van der Waals surface area (Å²) in [5.74, 6) is 1.57. The molecule has 1 aliphatic heterocycles. The Morgan fingerprint density at radius 2 is 1.85 bits per heavy atom. The largest absolute Gasteiger partial charge is 0.493 e. The van der Waals surface area contributed by atoms with Crippen molar-refractivity contribution in [3.05, 3.63) is 58.1 Å². The number of halogens is 1. The third-order valence-corrected chi connectivity index (χ3v) is 5.46. The summed E-state index contributed by atoms with van der Waals surface area (Å²) in [6.07, 6.45) is 0.821. The van der Waals surface area contributed by atoms with Crippen LogP contribution in [0.25, 0.3) is 0 Å². The van der Waals surface area contributed by atoms with Crippen molar-refractivity contribution < 1.29 is 19.6 Å². The van der Waals surface area contributed by atoms with Crippen LogP contribution in [0.15, 0.2) is 36.4 Å². The van der Waals surface area contributed by atoms with Crippen LogP contribution in [0, 0.1) is 0 Å². The van der Waals surface area contributed by atoms with Crippen molar-refractivity contribution in [2.45, 2.75) is 25.9 Å². The summed E-state index contributed by atoms with van der Waals surface area (Å²) in [7, 11) is 3.26. The molecule has 1 heterocycles. The first-order chi connectivity index (χ1) is 13.0. The molecule has 1 aliphatic rings. The molecular formula is C21H26ClN2O3+. The smallest absolute Gasteiger partial charge is 0.278 e. The minimum Gasteiger partial charge on any atom is -0.493 e. The maximum Gasteiger partial charge on any atom is 0.278 e. The Labute approximate surface area is 165 Å². The highest BCUT2D eigenvalue weighted by atomic mass is 35.5. The molecule has 2 aromatic rings. The number of hydrogen-bond donors (Lipinski definition) is 1. The Morgan fingerprint density at radius 3 is 2.52 bits per heavy atom. The number of hydrogen-bond acceptors (Lipinski definition) is 3. The van der Waals surface area contributed by atoms with Crippen LogP contribution in [-0.2, 0) is 17.8 Å². The monoisotopic (exact) mass is 389 g/mol. The summed E-state index contributed by atoms with van der Waals surface area (Å²) in [4.78, 5) is 14.6. The number of amides is 1. The van der Waals surface area contributed by atoms with Gasteiger partial charge in [-0.2, -0.15) is 0 Å². The number of nitrogens with zero attached hydrogens (tertiary/aromatic N) is 1. The molecule has 0 saturated carbocycles. The van der Waals surface area contributed by atoms with Gasteiger partial charge >= 0.3 is 0 Å². The number of ether oxygens (including phenoxy) is 2. The van der Waals surface area contributed by atoms with Crippen molar-refractivity contribution in [1.82, 2.24) is 4.90 Å². The van der Waals surface area contributed by atoms with Crippen LogP contribution in [-0.4, -0.2) is 38.1 Å². The Hall–Kier alpha value is -2.24. The van der Waals surface area contributed by atoms with Crippen LogP contribution < -0.4 is 14.8 Å². The van der Waals surface area contributed by atoms with Gasteiger partial charge in [0.15, 0.2) is 18.0 Å². The van der Waals surface area contributed by atoms with E-state index in [-0.39, 0.29) is 11.9 Å². The average Bonchev–Trinajstić information content (AvgIpc) is 2.70. The molecule has 3 rings (SSSR count). The Balaban J connectivity index is 1.63. The molecule has 6 heteroatoms. The van der Waals surface area contributed by atoms with Crippen molar-refractivity contribution in [1.29, 1.82) is 0 Å². The van der Waals surface area contributed by atoms with Crippen LogP contribution in [0.2, 0.25) is 5.02 Å². The van der Waals surface area contributed by atoms with Gasteiger partial charge in [-0.05, 0) is 42.7 Å². The van der Waals surface area contributed by atoms with Gasteiger partial charge in [0, 0.05) is 23.7 Å². The fourth-order valence-corrected chi connectivity index (χ4v) is 3.78. The van der Waals surface area contributed by atoms with E-state index in [2.05, 4.69) is 6.92 Å². The lowest BCUT2D eigenvalue weighted by Crippen LogP contribution is -2.87. The van der Waals surface area contributed by atoms with Crippen LogP contribution in [0.5, 0.6) is 11.5 Å². The quantitative estimate of drug-likeness (QED) is 0.826. The third-order valence-electron chi connectivity index (χ3n) is 5.11. The number of carbonyl (C=O) groups is 1. The zero-order chi connectivity index (χ0) is 19.4. The first-order valence-electron chi connectivity index (χ1n) is 9.12. The molecule has 5 nitrogen and oxygen atoms in total. The molecular weight excluding hydrogens is 364 g/mol. The molecule has 0 spiro atoms. The summed E-state index contributed by atoms with van der Waals surface area (Å²) in [6.45, 7) is 3.78. The minimum atomic E-state index is 0.129. The lowest BCUT2D eigenvalue weighted by Gasteiger charge is -2.29. The zero-order valence-corrected chi connectivity index (χ0v) is 16.8. The molecule has 1 atom stereocenters. The topological polar surface area (TPSA) is 55.4 Å². The van der Waals surface area contributed by atoms with E-state index in [1.54, 1.807) is 14.2 Å². The highest BCUT2D eigenvalue weighted by molar-refractivity contribution is 6.31. The number of carbonyl (C=O) groups excluding carboxylic acids is 1. The molecule has 0 fully saturated rings. The molecule has 2 aromatic carbocycles. The van der Waals surface area contributed by atoms with E-state index < -0.39 is 0 Å². The number of nitrogens with two attached hydrogens (primary N) is 1. The number of benzene rings is 2. The first-order valence-corrected chi connectivity index (χ1v) is 9.50. The van der Waals surface area contributed by atoms with Gasteiger partial charge in [0.2, 0.25) is 0 Å². The molecule has 0 aromatic heterocycles. The van der Waals surface area contributed by atoms with Crippen LogP contribution in [0.1, 0.15) is 29.7 Å². The van der Waals surface area contributed by atoms with Crippen molar-refractivity contribution in [2.75, 3.05) is 27.3 Å². The molecule has 2 N–H and O–H groups in total. The molecule has 1 amide bonds. The van der Waals surface area contributed by atoms with Gasteiger partial charge in [-0.25, -0.2) is 0 Å². The molecule has 144 valence electrons. The summed E-state index contributed by atoms with van der Waals surface area (Å²) in [5.41, 5.74) is 3.38. The maximum atomic E-state index is 12.7. The number of quaternary nitrogens is 1. The minimum absolute atomic E-state index is 0.129. The van der Waals surface area contributed by atoms with Gasteiger partial charge in [-0.15, -0.1) is 0 Å². The lowest BCUT2D eigenvalue weighted by molar-refractivity contribution is -0.683. The van der Waals surface area contributed by atoms with Gasteiger partial charge in [-0.1, -0.05) is 29.8 Å². The standard InChI is InChI=1S/C21H25ClN2O3/c1-14(17-6-4-5-7-18(17)22)23-12-21(25)24-9-8-15-10-19(26-2)20(27-3)11-16(15)13-24/h4-7,10-11,14,23H,8-9,12-13H2,1-3H3/p+1/t14-/m0/s1. The normalized spacial score (nSPS) is 14.4. The Morgan fingerprint density at radius 1 is 1.19 bits per heavy atom. The predicted molar refractivity (Wildman–Crippen MR) is 105 cm³/mol. The van der Waals surface area contributed by atoms with Crippen LogP contribution >= 0.6 is 11.6 Å². The van der Waals surface area contributed by atoms with E-state index in [9.17, 15) is 4.79 Å². The van der Waals surface area contributed by atoms with Crippen LogP contribution in [0.4, 0.5) is 0 Å². The highest BCUT2D eigenvalue weighted by Crippen LogP contribution is 2.33. The van der Waals surface area contributed by atoms with Crippen molar-refractivity contribution >= 4 is 17.5 Å². The SMILES string of the molecule is COc1cc2c(cc1OC)CN(C(=O)C[NH2+][C@@H](C)c1ccccc1Cl)CC2. The summed E-state index contributed by atoms with van der Waals surface area (Å²) < 4.78 is 10.8. The lowest BCUT2D eigenvalue weighted by atomic mass is 9.98.